The van der Waals surface area contributed by atoms with Crippen LogP contribution in [-0.2, 0) is 6.54 Å². The van der Waals surface area contributed by atoms with Crippen LogP contribution >= 0.6 is 23.1 Å². The van der Waals surface area contributed by atoms with Crippen LogP contribution in [0, 0.1) is 13.8 Å². The van der Waals surface area contributed by atoms with E-state index in [1.807, 2.05) is 31.2 Å². The number of nitrogens with zero attached hydrogens (tertiary/aromatic N) is 2. The van der Waals surface area contributed by atoms with E-state index in [0.29, 0.717) is 12.3 Å². The predicted molar refractivity (Wildman–Crippen MR) is 97.5 cm³/mol. The van der Waals surface area contributed by atoms with Crippen molar-refractivity contribution in [3.8, 4) is 0 Å². The van der Waals surface area contributed by atoms with E-state index in [1.54, 1.807) is 6.26 Å². The largest absolute Gasteiger partial charge is 0.467 e. The molecule has 2 heterocycles. The summed E-state index contributed by atoms with van der Waals surface area (Å²) in [6.07, 6.45) is 1.13. The van der Waals surface area contributed by atoms with Gasteiger partial charge in [-0.25, -0.2) is 0 Å². The first-order chi connectivity index (χ1) is 11.6. The minimum atomic E-state index is -0.515. The van der Waals surface area contributed by atoms with Crippen LogP contribution in [0.25, 0.3) is 0 Å². The number of aromatic nitrogens is 2. The van der Waals surface area contributed by atoms with E-state index in [1.165, 1.54) is 28.7 Å². The van der Waals surface area contributed by atoms with E-state index in [2.05, 4.69) is 28.5 Å². The minimum Gasteiger partial charge on any atom is -0.467 e. The first-order valence-electron chi connectivity index (χ1n) is 7.59. The van der Waals surface area contributed by atoms with Gasteiger partial charge < -0.3 is 14.8 Å². The molecule has 0 radical (unpaired) electrons. The first kappa shape index (κ1) is 17.0. The summed E-state index contributed by atoms with van der Waals surface area (Å²) in [5.74, 6) is 1.40. The van der Waals surface area contributed by atoms with Crippen LogP contribution in [0.3, 0.4) is 0 Å². The maximum atomic E-state index is 10.4. The molecule has 7 heteroatoms. The Balaban J connectivity index is 1.53. The van der Waals surface area contributed by atoms with Crippen molar-refractivity contribution in [1.82, 2.24) is 10.2 Å². The molecule has 0 fully saturated rings. The number of aryl methyl sites for hydroxylation is 2. The Morgan fingerprint density at radius 1 is 1.29 bits per heavy atom. The highest BCUT2D eigenvalue weighted by molar-refractivity contribution is 8.01. The van der Waals surface area contributed by atoms with Crippen LogP contribution in [0.2, 0.25) is 0 Å². The number of aliphatic hydroxyl groups excluding tert-OH is 1. The van der Waals surface area contributed by atoms with E-state index < -0.39 is 6.10 Å². The van der Waals surface area contributed by atoms with Crippen molar-refractivity contribution in [3.63, 3.8) is 0 Å². The molecule has 1 aromatic carbocycles. The molecule has 3 aromatic rings. The lowest BCUT2D eigenvalue weighted by atomic mass is 10.0. The Morgan fingerprint density at radius 3 is 2.92 bits per heavy atom. The van der Waals surface area contributed by atoms with E-state index >= 15 is 0 Å². The van der Waals surface area contributed by atoms with Gasteiger partial charge in [0.1, 0.15) is 5.76 Å². The molecule has 1 unspecified atom stereocenters. The molecule has 0 spiro atoms. The Bertz CT molecular complexity index is 787. The molecule has 1 atom stereocenters. The molecule has 2 aromatic heterocycles. The van der Waals surface area contributed by atoms with Crippen LogP contribution in [0.1, 0.15) is 28.6 Å². The maximum Gasteiger partial charge on any atom is 0.206 e. The van der Waals surface area contributed by atoms with Gasteiger partial charge in [-0.15, -0.1) is 10.2 Å². The fraction of sp³-hybridized carbons (Fsp3) is 0.294. The Kier molecular flexibility index (Phi) is 5.55. The minimum absolute atomic E-state index is 0.515. The smallest absolute Gasteiger partial charge is 0.206 e. The van der Waals surface area contributed by atoms with E-state index in [4.69, 9.17) is 4.42 Å². The van der Waals surface area contributed by atoms with Crippen LogP contribution in [-0.4, -0.2) is 21.1 Å². The summed E-state index contributed by atoms with van der Waals surface area (Å²) in [6.45, 7) is 4.66. The molecule has 2 N–H and O–H groups in total. The van der Waals surface area contributed by atoms with Gasteiger partial charge in [-0.05, 0) is 37.1 Å². The number of benzene rings is 1. The molecule has 3 rings (SSSR count). The highest BCUT2D eigenvalue weighted by atomic mass is 32.2. The second kappa shape index (κ2) is 7.83. The summed E-state index contributed by atoms with van der Waals surface area (Å²) >= 11 is 2.99. The number of anilines is 1. The van der Waals surface area contributed by atoms with E-state index in [9.17, 15) is 5.11 Å². The van der Waals surface area contributed by atoms with Crippen molar-refractivity contribution in [2.75, 3.05) is 11.1 Å². The quantitative estimate of drug-likeness (QED) is 0.615. The molecule has 5 nitrogen and oxygen atoms in total. The van der Waals surface area contributed by atoms with Crippen LogP contribution in [0.5, 0.6) is 0 Å². The van der Waals surface area contributed by atoms with Gasteiger partial charge in [0.2, 0.25) is 5.13 Å². The second-order valence-corrected chi connectivity index (χ2v) is 7.74. The molecule has 0 amide bonds. The average Bonchev–Trinajstić information content (AvgIpc) is 3.22. The van der Waals surface area contributed by atoms with Crippen LogP contribution < -0.4 is 5.32 Å². The zero-order valence-electron chi connectivity index (χ0n) is 13.5. The lowest BCUT2D eigenvalue weighted by Crippen LogP contribution is -2.03. The summed E-state index contributed by atoms with van der Waals surface area (Å²) < 4.78 is 6.10. The van der Waals surface area contributed by atoms with Gasteiger partial charge in [-0.3, -0.25) is 0 Å². The molecule has 24 heavy (non-hydrogen) atoms. The number of rotatable bonds is 7. The number of hydrogen-bond acceptors (Lipinski definition) is 7. The molecule has 0 aliphatic rings. The van der Waals surface area contributed by atoms with Crippen LogP contribution in [0.15, 0.2) is 45.4 Å². The van der Waals surface area contributed by atoms with Gasteiger partial charge in [0.05, 0.1) is 18.9 Å². The standard InChI is InChI=1S/C17H19N3O2S2/c1-11-5-6-14(12(2)8-11)15(21)10-23-17-20-19-16(24-17)18-9-13-4-3-7-22-13/h3-8,15,21H,9-10H2,1-2H3,(H,18,19). The van der Waals surface area contributed by atoms with Gasteiger partial charge in [-0.1, -0.05) is 46.9 Å². The topological polar surface area (TPSA) is 71.2 Å². The number of nitrogens with one attached hydrogen (secondary N) is 1. The molecule has 0 aliphatic heterocycles. The van der Waals surface area contributed by atoms with Crippen molar-refractivity contribution in [3.05, 3.63) is 59.0 Å². The van der Waals surface area contributed by atoms with Crippen LogP contribution in [0.4, 0.5) is 5.13 Å². The third-order valence-electron chi connectivity index (χ3n) is 3.55. The average molecular weight is 361 g/mol. The summed E-state index contributed by atoms with van der Waals surface area (Å²) in [4.78, 5) is 0. The normalized spacial score (nSPS) is 12.3. The second-order valence-electron chi connectivity index (χ2n) is 5.49. The summed E-state index contributed by atoms with van der Waals surface area (Å²) in [5, 5.41) is 22.6. The third kappa shape index (κ3) is 4.37. The van der Waals surface area contributed by atoms with Crippen molar-refractivity contribution >= 4 is 28.2 Å². The lowest BCUT2D eigenvalue weighted by molar-refractivity contribution is 0.203. The van der Waals surface area contributed by atoms with E-state index in [0.717, 1.165) is 26.4 Å². The zero-order valence-corrected chi connectivity index (χ0v) is 15.2. The Morgan fingerprint density at radius 2 is 2.17 bits per heavy atom. The van der Waals surface area contributed by atoms with Gasteiger partial charge in [-0.2, -0.15) is 0 Å². The number of furan rings is 1. The van der Waals surface area contributed by atoms with E-state index in [-0.39, 0.29) is 0 Å². The lowest BCUT2D eigenvalue weighted by Gasteiger charge is -2.13. The SMILES string of the molecule is Cc1ccc(C(O)CSc2nnc(NCc3ccco3)s2)c(C)c1. The molecular formula is C17H19N3O2S2. The number of thioether (sulfide) groups is 1. The third-order valence-corrected chi connectivity index (χ3v) is 5.64. The number of hydrogen-bond donors (Lipinski definition) is 2. The molecule has 0 bridgehead atoms. The summed E-state index contributed by atoms with van der Waals surface area (Å²) in [5.41, 5.74) is 3.28. The van der Waals surface area contributed by atoms with Gasteiger partial charge in [0, 0.05) is 5.75 Å². The fourth-order valence-electron chi connectivity index (χ4n) is 2.35. The fourth-order valence-corrected chi connectivity index (χ4v) is 4.08. The zero-order chi connectivity index (χ0) is 16.9. The van der Waals surface area contributed by atoms with Gasteiger partial charge >= 0.3 is 0 Å². The Labute approximate surface area is 149 Å². The highest BCUT2D eigenvalue weighted by Gasteiger charge is 2.13. The maximum absolute atomic E-state index is 10.4. The molecule has 0 aliphatic carbocycles. The molecule has 126 valence electrons. The molecular weight excluding hydrogens is 342 g/mol. The van der Waals surface area contributed by atoms with Crippen molar-refractivity contribution in [2.24, 2.45) is 0 Å². The van der Waals surface area contributed by atoms with Gasteiger partial charge in [0.15, 0.2) is 4.34 Å². The predicted octanol–water partition coefficient (Wildman–Crippen LogP) is 4.19. The monoisotopic (exact) mass is 361 g/mol. The van der Waals surface area contributed by atoms with Gasteiger partial charge in [0.25, 0.3) is 0 Å². The Hall–Kier alpha value is -1.83. The number of aliphatic hydroxyl groups is 1. The summed E-state index contributed by atoms with van der Waals surface area (Å²) in [7, 11) is 0. The molecule has 0 saturated carbocycles. The first-order valence-corrected chi connectivity index (χ1v) is 9.40. The van der Waals surface area contributed by atoms with Crippen molar-refractivity contribution < 1.29 is 9.52 Å². The van der Waals surface area contributed by atoms with Crippen molar-refractivity contribution in [1.29, 1.82) is 0 Å². The molecule has 0 saturated heterocycles. The highest BCUT2D eigenvalue weighted by Crippen LogP contribution is 2.30. The van der Waals surface area contributed by atoms with Crippen molar-refractivity contribution in [2.45, 2.75) is 30.8 Å². The summed E-state index contributed by atoms with van der Waals surface area (Å²) in [6, 6.07) is 9.87.